The zero-order chi connectivity index (χ0) is 23.4. The third kappa shape index (κ3) is 5.89. The summed E-state index contributed by atoms with van der Waals surface area (Å²) in [6.07, 6.45) is 0.295. The smallest absolute Gasteiger partial charge is 0.269 e. The Hall–Kier alpha value is -2.97. The molecule has 9 heteroatoms. The Morgan fingerprint density at radius 1 is 0.879 bits per heavy atom. The van der Waals surface area contributed by atoms with Crippen molar-refractivity contribution in [3.8, 4) is 0 Å². The van der Waals surface area contributed by atoms with E-state index in [0.717, 1.165) is 15.6 Å². The molecule has 3 N–H and O–H groups in total. The molecular formula is C24H17Cl2N3O2S2. The topological polar surface area (TPSA) is 70.2 Å². The summed E-state index contributed by atoms with van der Waals surface area (Å²) in [4.78, 5) is 25.2. The van der Waals surface area contributed by atoms with E-state index in [1.165, 1.54) is 11.3 Å². The van der Waals surface area contributed by atoms with Gasteiger partial charge in [-0.3, -0.25) is 14.9 Å². The molecule has 0 radical (unpaired) electrons. The number of rotatable bonds is 5. The molecule has 0 atom stereocenters. The molecule has 0 aliphatic rings. The zero-order valence-corrected chi connectivity index (χ0v) is 20.2. The Morgan fingerprint density at radius 2 is 1.55 bits per heavy atom. The van der Waals surface area contributed by atoms with Crippen molar-refractivity contribution >= 4 is 85.1 Å². The molecular weight excluding hydrogens is 497 g/mol. The van der Waals surface area contributed by atoms with Crippen molar-refractivity contribution in [2.45, 2.75) is 6.42 Å². The lowest BCUT2D eigenvalue weighted by atomic mass is 10.1. The molecule has 4 rings (SSSR count). The third-order valence-corrected chi connectivity index (χ3v) is 6.75. The maximum absolute atomic E-state index is 12.7. The number of nitrogens with one attached hydrogen (secondary N) is 3. The molecule has 1 aromatic heterocycles. The number of amides is 2. The predicted molar refractivity (Wildman–Crippen MR) is 141 cm³/mol. The number of thiophene rings is 1. The molecule has 1 heterocycles. The number of anilines is 2. The van der Waals surface area contributed by atoms with Crippen molar-refractivity contribution in [1.82, 2.24) is 5.32 Å². The van der Waals surface area contributed by atoms with Crippen LogP contribution >= 0.6 is 46.8 Å². The highest BCUT2D eigenvalue weighted by atomic mass is 35.5. The van der Waals surface area contributed by atoms with Gasteiger partial charge in [0.05, 0.1) is 11.4 Å². The number of benzene rings is 3. The Labute approximate surface area is 209 Å². The fourth-order valence-corrected chi connectivity index (χ4v) is 5.03. The molecule has 33 heavy (non-hydrogen) atoms. The normalized spacial score (nSPS) is 10.6. The fraction of sp³-hybridized carbons (Fsp3) is 0.0417. The highest BCUT2D eigenvalue weighted by molar-refractivity contribution is 7.80. The Bertz CT molecular complexity index is 1340. The summed E-state index contributed by atoms with van der Waals surface area (Å²) in [6.45, 7) is 0. The number of thiocarbonyl (C=S) groups is 1. The summed E-state index contributed by atoms with van der Waals surface area (Å²) in [6, 6.07) is 21.8. The Balaban J connectivity index is 1.33. The van der Waals surface area contributed by atoms with E-state index in [2.05, 4.69) is 16.0 Å². The summed E-state index contributed by atoms with van der Waals surface area (Å²) in [7, 11) is 0. The van der Waals surface area contributed by atoms with Crippen molar-refractivity contribution in [3.63, 3.8) is 0 Å². The number of carbonyl (C=O) groups is 2. The molecule has 0 fully saturated rings. The summed E-state index contributed by atoms with van der Waals surface area (Å²) in [5.41, 5.74) is 2.26. The van der Waals surface area contributed by atoms with E-state index in [-0.39, 0.29) is 11.0 Å². The third-order valence-electron chi connectivity index (χ3n) is 4.66. The van der Waals surface area contributed by atoms with Gasteiger partial charge in [0, 0.05) is 26.5 Å². The van der Waals surface area contributed by atoms with Crippen LogP contribution in [0.3, 0.4) is 0 Å². The minimum absolute atomic E-state index is 0.105. The zero-order valence-electron chi connectivity index (χ0n) is 17.0. The van der Waals surface area contributed by atoms with Crippen molar-refractivity contribution in [2.24, 2.45) is 0 Å². The van der Waals surface area contributed by atoms with Gasteiger partial charge in [0.25, 0.3) is 5.91 Å². The van der Waals surface area contributed by atoms with E-state index in [1.807, 2.05) is 30.3 Å². The maximum Gasteiger partial charge on any atom is 0.269 e. The first-order valence-electron chi connectivity index (χ1n) is 9.83. The van der Waals surface area contributed by atoms with E-state index in [4.69, 9.17) is 35.4 Å². The van der Waals surface area contributed by atoms with Gasteiger partial charge in [-0.1, -0.05) is 59.6 Å². The van der Waals surface area contributed by atoms with Crippen molar-refractivity contribution < 1.29 is 9.59 Å². The van der Waals surface area contributed by atoms with Gasteiger partial charge < -0.3 is 10.6 Å². The minimum Gasteiger partial charge on any atom is -0.332 e. The van der Waals surface area contributed by atoms with Crippen LogP contribution in [0.1, 0.15) is 15.2 Å². The highest BCUT2D eigenvalue weighted by Crippen LogP contribution is 2.36. The SMILES string of the molecule is O=C(Cc1ccccc1)Nc1ccc(NC(=S)NC(=O)c2sc3cc(Cl)ccc3c2Cl)cc1. The summed E-state index contributed by atoms with van der Waals surface area (Å²) < 4.78 is 0.821. The van der Waals surface area contributed by atoms with Gasteiger partial charge in [0.1, 0.15) is 4.88 Å². The molecule has 3 aromatic carbocycles. The largest absolute Gasteiger partial charge is 0.332 e. The Kier molecular flexibility index (Phi) is 7.25. The molecule has 0 saturated heterocycles. The van der Waals surface area contributed by atoms with Crippen LogP contribution in [0.5, 0.6) is 0 Å². The Morgan fingerprint density at radius 3 is 2.24 bits per heavy atom. The molecule has 2 amide bonds. The predicted octanol–water partition coefficient (Wildman–Crippen LogP) is 6.52. The molecule has 0 spiro atoms. The number of hydrogen-bond donors (Lipinski definition) is 3. The van der Waals surface area contributed by atoms with Gasteiger partial charge >= 0.3 is 0 Å². The maximum atomic E-state index is 12.7. The molecule has 0 saturated carbocycles. The lowest BCUT2D eigenvalue weighted by Crippen LogP contribution is -2.33. The van der Waals surface area contributed by atoms with Crippen molar-refractivity contribution in [3.05, 3.63) is 93.3 Å². The first-order valence-corrected chi connectivity index (χ1v) is 11.8. The number of halogens is 2. The summed E-state index contributed by atoms with van der Waals surface area (Å²) in [5, 5.41) is 10.3. The summed E-state index contributed by atoms with van der Waals surface area (Å²) in [5.74, 6) is -0.509. The quantitative estimate of drug-likeness (QED) is 0.266. The number of carbonyl (C=O) groups excluding carboxylic acids is 2. The molecule has 0 bridgehead atoms. The van der Waals surface area contributed by atoms with Crippen molar-refractivity contribution in [1.29, 1.82) is 0 Å². The van der Waals surface area contributed by atoms with Gasteiger partial charge in [-0.05, 0) is 54.2 Å². The average molecular weight is 514 g/mol. The standard InChI is InChI=1S/C24H17Cl2N3O2S2/c25-15-6-11-18-19(13-15)33-22(21(18)26)23(31)29-24(32)28-17-9-7-16(8-10-17)27-20(30)12-14-4-2-1-3-5-14/h1-11,13H,12H2,(H,27,30)(H2,28,29,31,32). The average Bonchev–Trinajstić information content (AvgIpc) is 3.11. The lowest BCUT2D eigenvalue weighted by Gasteiger charge is -2.10. The van der Waals surface area contributed by atoms with E-state index >= 15 is 0 Å². The van der Waals surface area contributed by atoms with Crippen LogP contribution < -0.4 is 16.0 Å². The molecule has 0 aliphatic carbocycles. The van der Waals surface area contributed by atoms with Gasteiger partial charge in [0.15, 0.2) is 5.11 Å². The van der Waals surface area contributed by atoms with Crippen molar-refractivity contribution in [2.75, 3.05) is 10.6 Å². The van der Waals surface area contributed by atoms with E-state index in [9.17, 15) is 9.59 Å². The highest BCUT2D eigenvalue weighted by Gasteiger charge is 2.18. The molecule has 166 valence electrons. The minimum atomic E-state index is -0.403. The second kappa shape index (κ2) is 10.3. The van der Waals surface area contributed by atoms with Crippen LogP contribution in [-0.4, -0.2) is 16.9 Å². The van der Waals surface area contributed by atoms with Gasteiger partial charge in [0.2, 0.25) is 5.91 Å². The molecule has 5 nitrogen and oxygen atoms in total. The van der Waals surface area contributed by atoms with Gasteiger partial charge in [-0.2, -0.15) is 0 Å². The second-order valence-electron chi connectivity index (χ2n) is 7.08. The second-order valence-corrected chi connectivity index (χ2v) is 9.36. The van der Waals surface area contributed by atoms with E-state index < -0.39 is 5.91 Å². The number of fused-ring (bicyclic) bond motifs is 1. The monoisotopic (exact) mass is 513 g/mol. The van der Waals surface area contributed by atoms with Gasteiger partial charge in [-0.25, -0.2) is 0 Å². The van der Waals surface area contributed by atoms with Crippen LogP contribution in [0.15, 0.2) is 72.8 Å². The first-order chi connectivity index (χ1) is 15.9. The molecule has 0 unspecified atom stereocenters. The summed E-state index contributed by atoms with van der Waals surface area (Å²) >= 11 is 18.9. The van der Waals surface area contributed by atoms with E-state index in [0.29, 0.717) is 32.7 Å². The van der Waals surface area contributed by atoms with Gasteiger partial charge in [-0.15, -0.1) is 11.3 Å². The van der Waals surface area contributed by atoms with Crippen LogP contribution in [0, 0.1) is 0 Å². The van der Waals surface area contributed by atoms with E-state index in [1.54, 1.807) is 42.5 Å². The molecule has 0 aliphatic heterocycles. The fourth-order valence-electron chi connectivity index (χ4n) is 3.13. The van der Waals surface area contributed by atoms with Crippen LogP contribution in [0.4, 0.5) is 11.4 Å². The lowest BCUT2D eigenvalue weighted by molar-refractivity contribution is -0.115. The first kappa shape index (κ1) is 23.2. The van der Waals surface area contributed by atoms with Crippen LogP contribution in [-0.2, 0) is 11.2 Å². The number of hydrogen-bond acceptors (Lipinski definition) is 4. The molecule has 4 aromatic rings. The van der Waals surface area contributed by atoms with Crippen LogP contribution in [0.25, 0.3) is 10.1 Å². The van der Waals surface area contributed by atoms with Crippen LogP contribution in [0.2, 0.25) is 10.0 Å².